The van der Waals surface area contributed by atoms with E-state index in [1.807, 2.05) is 13.8 Å². The van der Waals surface area contributed by atoms with Crippen LogP contribution in [0.25, 0.3) is 0 Å². The highest BCUT2D eigenvalue weighted by atomic mass is 35.5. The maximum absolute atomic E-state index is 9.92. The van der Waals surface area contributed by atoms with E-state index in [-0.39, 0.29) is 12.7 Å². The Balaban J connectivity index is 2.77. The Morgan fingerprint density at radius 2 is 2.06 bits per heavy atom. The van der Waals surface area contributed by atoms with Gasteiger partial charge in [-0.25, -0.2) is 0 Å². The molecule has 0 saturated heterocycles. The number of benzene rings is 1. The van der Waals surface area contributed by atoms with Crippen molar-refractivity contribution >= 4 is 11.6 Å². The monoisotopic (exact) mass is 244 g/mol. The molecule has 0 aromatic heterocycles. The van der Waals surface area contributed by atoms with Crippen molar-refractivity contribution in [2.75, 3.05) is 13.7 Å². The third kappa shape index (κ3) is 3.67. The van der Waals surface area contributed by atoms with Gasteiger partial charge in [-0.2, -0.15) is 0 Å². The molecule has 1 aromatic carbocycles. The summed E-state index contributed by atoms with van der Waals surface area (Å²) in [6.07, 6.45) is -0.609. The third-order valence-electron chi connectivity index (χ3n) is 2.14. The van der Waals surface area contributed by atoms with Crippen molar-refractivity contribution in [3.8, 4) is 5.75 Å². The van der Waals surface area contributed by atoms with Crippen molar-refractivity contribution < 1.29 is 14.6 Å². The molecule has 3 nitrogen and oxygen atoms in total. The molecule has 0 heterocycles. The number of aliphatic hydroxyl groups is 1. The smallest absolute Gasteiger partial charge is 0.126 e. The average molecular weight is 245 g/mol. The van der Waals surface area contributed by atoms with Crippen LogP contribution in [0.1, 0.15) is 25.5 Å². The first-order chi connectivity index (χ1) is 7.54. The van der Waals surface area contributed by atoms with Crippen LogP contribution in [-0.4, -0.2) is 24.9 Å². The van der Waals surface area contributed by atoms with E-state index in [9.17, 15) is 5.11 Å². The lowest BCUT2D eigenvalue weighted by Gasteiger charge is -2.16. The largest absolute Gasteiger partial charge is 0.496 e. The lowest BCUT2D eigenvalue weighted by atomic mass is 10.1. The lowest BCUT2D eigenvalue weighted by molar-refractivity contribution is 0.00409. The Hall–Kier alpha value is -0.770. The zero-order valence-electron chi connectivity index (χ0n) is 9.74. The number of aliphatic hydroxyl groups excluding tert-OH is 1. The molecule has 1 N–H and O–H groups in total. The maximum atomic E-state index is 9.92. The minimum atomic E-state index is -0.699. The lowest BCUT2D eigenvalue weighted by Crippen LogP contribution is -2.12. The van der Waals surface area contributed by atoms with E-state index in [0.29, 0.717) is 16.3 Å². The van der Waals surface area contributed by atoms with Gasteiger partial charge in [-0.05, 0) is 26.0 Å². The first-order valence-electron chi connectivity index (χ1n) is 5.17. The molecule has 0 aliphatic carbocycles. The molecule has 4 heteroatoms. The minimum Gasteiger partial charge on any atom is -0.496 e. The molecule has 0 spiro atoms. The van der Waals surface area contributed by atoms with Crippen LogP contribution < -0.4 is 4.74 Å². The third-order valence-corrected chi connectivity index (χ3v) is 2.38. The van der Waals surface area contributed by atoms with E-state index >= 15 is 0 Å². The van der Waals surface area contributed by atoms with Crippen LogP contribution >= 0.6 is 11.6 Å². The molecule has 1 rings (SSSR count). The molecule has 0 amide bonds. The van der Waals surface area contributed by atoms with E-state index in [1.54, 1.807) is 25.3 Å². The summed E-state index contributed by atoms with van der Waals surface area (Å²) < 4.78 is 10.5. The van der Waals surface area contributed by atoms with E-state index in [0.717, 1.165) is 0 Å². The summed E-state index contributed by atoms with van der Waals surface area (Å²) in [5.74, 6) is 0.576. The molecule has 0 aliphatic rings. The van der Waals surface area contributed by atoms with E-state index in [1.165, 1.54) is 0 Å². The Kier molecular flexibility index (Phi) is 5.06. The van der Waals surface area contributed by atoms with Gasteiger partial charge in [-0.15, -0.1) is 0 Å². The predicted octanol–water partition coefficient (Wildman–Crippen LogP) is 2.81. The van der Waals surface area contributed by atoms with Gasteiger partial charge in [0, 0.05) is 10.6 Å². The molecule has 1 atom stereocenters. The van der Waals surface area contributed by atoms with Gasteiger partial charge in [-0.1, -0.05) is 17.7 Å². The van der Waals surface area contributed by atoms with Gasteiger partial charge in [0.15, 0.2) is 0 Å². The van der Waals surface area contributed by atoms with Crippen molar-refractivity contribution in [3.05, 3.63) is 28.8 Å². The van der Waals surface area contributed by atoms with Crippen LogP contribution in [0, 0.1) is 0 Å². The highest BCUT2D eigenvalue weighted by molar-refractivity contribution is 6.30. The van der Waals surface area contributed by atoms with E-state index < -0.39 is 6.10 Å². The van der Waals surface area contributed by atoms with E-state index in [2.05, 4.69) is 0 Å². The molecule has 0 aliphatic heterocycles. The van der Waals surface area contributed by atoms with Gasteiger partial charge in [0.1, 0.15) is 11.9 Å². The summed E-state index contributed by atoms with van der Waals surface area (Å²) in [7, 11) is 1.55. The molecule has 0 saturated carbocycles. The molecule has 0 fully saturated rings. The minimum absolute atomic E-state index is 0.0907. The van der Waals surface area contributed by atoms with Gasteiger partial charge in [0.05, 0.1) is 19.8 Å². The van der Waals surface area contributed by atoms with Gasteiger partial charge < -0.3 is 14.6 Å². The van der Waals surface area contributed by atoms with Crippen LogP contribution in [0.5, 0.6) is 5.75 Å². The van der Waals surface area contributed by atoms with Gasteiger partial charge >= 0.3 is 0 Å². The normalized spacial score (nSPS) is 12.9. The summed E-state index contributed by atoms with van der Waals surface area (Å²) in [6.45, 7) is 4.09. The fourth-order valence-electron chi connectivity index (χ4n) is 1.33. The van der Waals surface area contributed by atoms with Crippen molar-refractivity contribution in [2.45, 2.75) is 26.1 Å². The van der Waals surface area contributed by atoms with Crippen LogP contribution in [0.15, 0.2) is 18.2 Å². The van der Waals surface area contributed by atoms with Crippen molar-refractivity contribution in [3.63, 3.8) is 0 Å². The van der Waals surface area contributed by atoms with E-state index in [4.69, 9.17) is 21.1 Å². The topological polar surface area (TPSA) is 38.7 Å². The van der Waals surface area contributed by atoms with Crippen molar-refractivity contribution in [1.82, 2.24) is 0 Å². The molecule has 1 unspecified atom stereocenters. The molecular weight excluding hydrogens is 228 g/mol. The second-order valence-corrected chi connectivity index (χ2v) is 4.22. The summed E-state index contributed by atoms with van der Waals surface area (Å²) in [6, 6.07) is 5.14. The first kappa shape index (κ1) is 13.3. The quantitative estimate of drug-likeness (QED) is 0.866. The van der Waals surface area contributed by atoms with Gasteiger partial charge in [-0.3, -0.25) is 0 Å². The summed E-state index contributed by atoms with van der Waals surface area (Å²) in [5.41, 5.74) is 0.688. The van der Waals surface area contributed by atoms with Gasteiger partial charge in [0.25, 0.3) is 0 Å². The van der Waals surface area contributed by atoms with Crippen LogP contribution in [0.3, 0.4) is 0 Å². The Morgan fingerprint density at radius 3 is 2.62 bits per heavy atom. The summed E-state index contributed by atoms with van der Waals surface area (Å²) in [5, 5.41) is 10.5. The zero-order chi connectivity index (χ0) is 12.1. The predicted molar refractivity (Wildman–Crippen MR) is 64.1 cm³/mol. The van der Waals surface area contributed by atoms with Crippen molar-refractivity contribution in [2.24, 2.45) is 0 Å². The Morgan fingerprint density at radius 1 is 1.38 bits per heavy atom. The van der Waals surface area contributed by atoms with Crippen LogP contribution in [-0.2, 0) is 4.74 Å². The Labute approximate surface area is 101 Å². The second-order valence-electron chi connectivity index (χ2n) is 3.78. The number of ether oxygens (including phenoxy) is 2. The first-order valence-corrected chi connectivity index (χ1v) is 5.55. The summed E-state index contributed by atoms with van der Waals surface area (Å²) >= 11 is 5.83. The summed E-state index contributed by atoms with van der Waals surface area (Å²) in [4.78, 5) is 0. The molecular formula is C12H17ClO3. The maximum Gasteiger partial charge on any atom is 0.126 e. The number of hydrogen-bond donors (Lipinski definition) is 1. The number of halogens is 1. The van der Waals surface area contributed by atoms with Gasteiger partial charge in [0.2, 0.25) is 0 Å². The molecule has 1 aromatic rings. The fraction of sp³-hybridized carbons (Fsp3) is 0.500. The zero-order valence-corrected chi connectivity index (χ0v) is 10.5. The SMILES string of the molecule is COc1cc(Cl)ccc1C(O)COC(C)C. The van der Waals surface area contributed by atoms with Crippen molar-refractivity contribution in [1.29, 1.82) is 0 Å². The Bertz CT molecular complexity index is 339. The number of methoxy groups -OCH3 is 1. The molecule has 0 radical (unpaired) electrons. The number of hydrogen-bond acceptors (Lipinski definition) is 3. The highest BCUT2D eigenvalue weighted by Gasteiger charge is 2.14. The number of rotatable bonds is 5. The highest BCUT2D eigenvalue weighted by Crippen LogP contribution is 2.28. The second kappa shape index (κ2) is 6.09. The standard InChI is InChI=1S/C12H17ClO3/c1-8(2)16-7-11(14)10-5-4-9(13)6-12(10)15-3/h4-6,8,11,14H,7H2,1-3H3. The van der Waals surface area contributed by atoms with Crippen LogP contribution in [0.4, 0.5) is 0 Å². The molecule has 90 valence electrons. The molecule has 0 bridgehead atoms. The van der Waals surface area contributed by atoms with Crippen LogP contribution in [0.2, 0.25) is 5.02 Å². The average Bonchev–Trinajstić information content (AvgIpc) is 2.25. The fourth-order valence-corrected chi connectivity index (χ4v) is 1.50. The molecule has 16 heavy (non-hydrogen) atoms.